The van der Waals surface area contributed by atoms with Gasteiger partial charge in [0.25, 0.3) is 0 Å². The normalized spacial score (nSPS) is 16.4. The number of nitrogens with zero attached hydrogens (tertiary/aromatic N) is 3. The molecule has 0 radical (unpaired) electrons. The SMILES string of the molecule is CN=C(NCCc1ccccn1)NCC(c1ccco1)N1CCCCC1.I. The van der Waals surface area contributed by atoms with Crippen LogP contribution in [0.15, 0.2) is 52.2 Å². The van der Waals surface area contributed by atoms with Gasteiger partial charge in [0.2, 0.25) is 0 Å². The summed E-state index contributed by atoms with van der Waals surface area (Å²) in [6, 6.07) is 10.3. The number of aliphatic imine (C=N–C) groups is 1. The van der Waals surface area contributed by atoms with Crippen LogP contribution in [0.4, 0.5) is 0 Å². The fraction of sp³-hybridized carbons (Fsp3) is 0.500. The topological polar surface area (TPSA) is 65.7 Å². The van der Waals surface area contributed by atoms with Crippen molar-refractivity contribution in [3.63, 3.8) is 0 Å². The predicted octanol–water partition coefficient (Wildman–Crippen LogP) is 3.23. The highest BCUT2D eigenvalue weighted by molar-refractivity contribution is 14.0. The molecule has 1 fully saturated rings. The van der Waals surface area contributed by atoms with Gasteiger partial charge in [-0.15, -0.1) is 24.0 Å². The number of halogens is 1. The number of furan rings is 1. The van der Waals surface area contributed by atoms with Crippen LogP contribution in [0.1, 0.15) is 36.8 Å². The lowest BCUT2D eigenvalue weighted by atomic mass is 10.1. The van der Waals surface area contributed by atoms with Crippen LogP contribution in [0.3, 0.4) is 0 Å². The van der Waals surface area contributed by atoms with Gasteiger partial charge >= 0.3 is 0 Å². The van der Waals surface area contributed by atoms with Gasteiger partial charge in [-0.05, 0) is 50.2 Å². The van der Waals surface area contributed by atoms with Crippen molar-refractivity contribution < 1.29 is 4.42 Å². The average Bonchev–Trinajstić information content (AvgIpc) is 3.23. The molecule has 2 aromatic heterocycles. The van der Waals surface area contributed by atoms with E-state index in [1.54, 1.807) is 13.3 Å². The van der Waals surface area contributed by atoms with E-state index in [9.17, 15) is 0 Å². The lowest BCUT2D eigenvalue weighted by Gasteiger charge is -2.33. The molecule has 3 heterocycles. The zero-order valence-corrected chi connectivity index (χ0v) is 18.3. The predicted molar refractivity (Wildman–Crippen MR) is 120 cm³/mol. The Morgan fingerprint density at radius 1 is 1.19 bits per heavy atom. The van der Waals surface area contributed by atoms with E-state index in [0.29, 0.717) is 0 Å². The summed E-state index contributed by atoms with van der Waals surface area (Å²) in [5.74, 6) is 1.83. The Morgan fingerprint density at radius 3 is 2.70 bits per heavy atom. The fourth-order valence-corrected chi connectivity index (χ4v) is 3.39. The Labute approximate surface area is 178 Å². The molecule has 1 atom stereocenters. The molecule has 1 saturated heterocycles. The molecule has 7 heteroatoms. The van der Waals surface area contributed by atoms with Crippen molar-refractivity contribution in [3.8, 4) is 0 Å². The quantitative estimate of drug-likeness (QED) is 0.360. The third-order valence-electron chi connectivity index (χ3n) is 4.79. The minimum absolute atomic E-state index is 0. The number of aromatic nitrogens is 1. The first-order valence-corrected chi connectivity index (χ1v) is 9.48. The second kappa shape index (κ2) is 12.0. The first-order valence-electron chi connectivity index (χ1n) is 9.48. The van der Waals surface area contributed by atoms with Gasteiger partial charge in [-0.25, -0.2) is 0 Å². The van der Waals surface area contributed by atoms with Crippen LogP contribution in [0, 0.1) is 0 Å². The summed E-state index contributed by atoms with van der Waals surface area (Å²) in [6.07, 6.45) is 8.30. The first-order chi connectivity index (χ1) is 12.9. The molecule has 6 nitrogen and oxygen atoms in total. The van der Waals surface area contributed by atoms with Crippen molar-refractivity contribution in [2.75, 3.05) is 33.2 Å². The van der Waals surface area contributed by atoms with E-state index in [0.717, 1.165) is 50.0 Å². The van der Waals surface area contributed by atoms with Gasteiger partial charge in [0, 0.05) is 38.4 Å². The van der Waals surface area contributed by atoms with Crippen molar-refractivity contribution >= 4 is 29.9 Å². The minimum atomic E-state index is 0. The molecule has 1 aliphatic rings. The van der Waals surface area contributed by atoms with Crippen LogP contribution in [-0.4, -0.2) is 49.1 Å². The van der Waals surface area contributed by atoms with Crippen molar-refractivity contribution in [1.82, 2.24) is 20.5 Å². The molecule has 0 spiro atoms. The zero-order valence-electron chi connectivity index (χ0n) is 15.9. The maximum absolute atomic E-state index is 5.70. The Balaban J connectivity index is 0.00000261. The van der Waals surface area contributed by atoms with Crippen LogP contribution in [0.2, 0.25) is 0 Å². The average molecular weight is 483 g/mol. The Bertz CT molecular complexity index is 656. The van der Waals surface area contributed by atoms with E-state index >= 15 is 0 Å². The van der Waals surface area contributed by atoms with Crippen LogP contribution in [0.5, 0.6) is 0 Å². The monoisotopic (exact) mass is 483 g/mol. The summed E-state index contributed by atoms with van der Waals surface area (Å²) < 4.78 is 5.70. The summed E-state index contributed by atoms with van der Waals surface area (Å²) >= 11 is 0. The van der Waals surface area contributed by atoms with E-state index in [1.807, 2.05) is 30.5 Å². The molecule has 0 aromatic carbocycles. The van der Waals surface area contributed by atoms with Crippen molar-refractivity contribution in [3.05, 3.63) is 54.2 Å². The summed E-state index contributed by atoms with van der Waals surface area (Å²) in [4.78, 5) is 11.2. The van der Waals surface area contributed by atoms with Gasteiger partial charge in [0.15, 0.2) is 5.96 Å². The maximum Gasteiger partial charge on any atom is 0.191 e. The largest absolute Gasteiger partial charge is 0.468 e. The molecule has 3 rings (SSSR count). The lowest BCUT2D eigenvalue weighted by Crippen LogP contribution is -2.44. The Kier molecular flexibility index (Phi) is 9.61. The van der Waals surface area contributed by atoms with Crippen LogP contribution in [-0.2, 0) is 6.42 Å². The van der Waals surface area contributed by atoms with Crippen molar-refractivity contribution in [1.29, 1.82) is 0 Å². The molecular weight excluding hydrogens is 453 g/mol. The van der Waals surface area contributed by atoms with Gasteiger partial charge < -0.3 is 15.1 Å². The number of pyridine rings is 1. The summed E-state index contributed by atoms with van der Waals surface area (Å²) in [7, 11) is 1.80. The summed E-state index contributed by atoms with van der Waals surface area (Å²) in [5.41, 5.74) is 1.08. The van der Waals surface area contributed by atoms with Crippen LogP contribution in [0.25, 0.3) is 0 Å². The van der Waals surface area contributed by atoms with Gasteiger partial charge in [0.05, 0.1) is 12.3 Å². The molecule has 0 bridgehead atoms. The molecule has 1 aliphatic heterocycles. The number of hydrogen-bond acceptors (Lipinski definition) is 4. The second-order valence-electron chi connectivity index (χ2n) is 6.58. The highest BCUT2D eigenvalue weighted by atomic mass is 127. The summed E-state index contributed by atoms with van der Waals surface area (Å²) in [6.45, 7) is 3.82. The van der Waals surface area contributed by atoms with Crippen LogP contribution < -0.4 is 10.6 Å². The van der Waals surface area contributed by atoms with Gasteiger partial charge in [-0.3, -0.25) is 14.9 Å². The molecule has 0 saturated carbocycles. The number of hydrogen-bond donors (Lipinski definition) is 2. The number of nitrogens with one attached hydrogen (secondary N) is 2. The smallest absolute Gasteiger partial charge is 0.191 e. The van der Waals surface area contributed by atoms with Crippen molar-refractivity contribution in [2.45, 2.75) is 31.7 Å². The van der Waals surface area contributed by atoms with E-state index in [4.69, 9.17) is 4.42 Å². The number of guanidine groups is 1. The van der Waals surface area contributed by atoms with E-state index in [1.165, 1.54) is 19.3 Å². The van der Waals surface area contributed by atoms with Gasteiger partial charge in [-0.1, -0.05) is 12.5 Å². The summed E-state index contributed by atoms with van der Waals surface area (Å²) in [5, 5.41) is 6.83. The molecule has 2 aromatic rings. The lowest BCUT2D eigenvalue weighted by molar-refractivity contribution is 0.146. The third-order valence-corrected chi connectivity index (χ3v) is 4.79. The van der Waals surface area contributed by atoms with E-state index in [2.05, 4.69) is 31.6 Å². The van der Waals surface area contributed by atoms with Gasteiger partial charge in [-0.2, -0.15) is 0 Å². The Morgan fingerprint density at radius 2 is 2.04 bits per heavy atom. The molecule has 0 aliphatic carbocycles. The zero-order chi connectivity index (χ0) is 18.0. The minimum Gasteiger partial charge on any atom is -0.468 e. The fourth-order valence-electron chi connectivity index (χ4n) is 3.39. The molecule has 1 unspecified atom stereocenters. The molecule has 0 amide bonds. The highest BCUT2D eigenvalue weighted by Crippen LogP contribution is 2.24. The molecule has 27 heavy (non-hydrogen) atoms. The Hall–Kier alpha value is -1.61. The molecular formula is C20H30IN5O. The van der Waals surface area contributed by atoms with E-state index < -0.39 is 0 Å². The third kappa shape index (κ3) is 6.80. The highest BCUT2D eigenvalue weighted by Gasteiger charge is 2.24. The van der Waals surface area contributed by atoms with Gasteiger partial charge in [0.1, 0.15) is 5.76 Å². The molecule has 2 N–H and O–H groups in total. The standard InChI is InChI=1S/C20H29N5O.HI/c1-21-20(23-12-10-17-8-3-4-11-22-17)24-16-18(19-9-7-15-26-19)25-13-5-2-6-14-25;/h3-4,7-9,11,15,18H,2,5-6,10,12-14,16H2,1H3,(H2,21,23,24);1H. The number of likely N-dealkylation sites (tertiary alicyclic amines) is 1. The van der Waals surface area contributed by atoms with E-state index in [-0.39, 0.29) is 30.0 Å². The first kappa shape index (κ1) is 21.7. The number of piperidine rings is 1. The number of rotatable bonds is 7. The maximum atomic E-state index is 5.70. The van der Waals surface area contributed by atoms with Crippen LogP contribution >= 0.6 is 24.0 Å². The van der Waals surface area contributed by atoms with Crippen molar-refractivity contribution in [2.24, 2.45) is 4.99 Å². The molecule has 148 valence electrons. The second-order valence-corrected chi connectivity index (χ2v) is 6.58.